The predicted octanol–water partition coefficient (Wildman–Crippen LogP) is 0.807. The lowest BCUT2D eigenvalue weighted by atomic mass is 10.1. The number of allylic oxidation sites excluding steroid dienone is 1. The molecule has 0 aromatic heterocycles. The second-order valence-electron chi connectivity index (χ2n) is 4.07. The standard InChI is InChI=1S/C11H16N2O2/c1-4-9-7-11(9,8-12)10(14)15-6-5-13(2)3/h4,9H,1,5-7H2,2-3H3. The lowest BCUT2D eigenvalue weighted by molar-refractivity contribution is -0.148. The van der Waals surface area contributed by atoms with Crippen LogP contribution in [0, 0.1) is 22.7 Å². The highest BCUT2D eigenvalue weighted by Crippen LogP contribution is 2.53. The third-order valence-corrected chi connectivity index (χ3v) is 2.63. The minimum absolute atomic E-state index is 0.0330. The van der Waals surface area contributed by atoms with Crippen LogP contribution in [0.15, 0.2) is 12.7 Å². The fourth-order valence-electron chi connectivity index (χ4n) is 1.43. The Hall–Kier alpha value is -1.34. The van der Waals surface area contributed by atoms with Crippen molar-refractivity contribution in [1.82, 2.24) is 4.90 Å². The SMILES string of the molecule is C=CC1CC1(C#N)C(=O)OCCN(C)C. The monoisotopic (exact) mass is 208 g/mol. The van der Waals surface area contributed by atoms with Gasteiger partial charge in [-0.05, 0) is 20.5 Å². The molecule has 0 spiro atoms. The molecule has 0 radical (unpaired) electrons. The van der Waals surface area contributed by atoms with Crippen molar-refractivity contribution in [2.75, 3.05) is 27.2 Å². The van der Waals surface area contributed by atoms with Crippen LogP contribution in [0.2, 0.25) is 0 Å². The topological polar surface area (TPSA) is 53.3 Å². The van der Waals surface area contributed by atoms with Gasteiger partial charge in [0.2, 0.25) is 0 Å². The maximum absolute atomic E-state index is 11.6. The number of hydrogen-bond donors (Lipinski definition) is 0. The van der Waals surface area contributed by atoms with Crippen LogP contribution in [-0.4, -0.2) is 38.1 Å². The van der Waals surface area contributed by atoms with E-state index in [1.165, 1.54) is 0 Å². The highest BCUT2D eigenvalue weighted by molar-refractivity contribution is 5.84. The average Bonchev–Trinajstić information content (AvgIpc) is 2.92. The first-order valence-electron chi connectivity index (χ1n) is 4.92. The molecule has 1 saturated carbocycles. The van der Waals surface area contributed by atoms with Crippen molar-refractivity contribution in [2.24, 2.45) is 11.3 Å². The van der Waals surface area contributed by atoms with E-state index in [9.17, 15) is 4.79 Å². The first kappa shape index (κ1) is 11.7. The van der Waals surface area contributed by atoms with Gasteiger partial charge in [-0.25, -0.2) is 0 Å². The van der Waals surface area contributed by atoms with Gasteiger partial charge >= 0.3 is 5.97 Å². The van der Waals surface area contributed by atoms with Crippen LogP contribution in [0.3, 0.4) is 0 Å². The maximum atomic E-state index is 11.6. The molecule has 1 aliphatic carbocycles. The van der Waals surface area contributed by atoms with Gasteiger partial charge in [0.05, 0.1) is 6.07 Å². The molecule has 1 aliphatic rings. The highest BCUT2D eigenvalue weighted by atomic mass is 16.5. The largest absolute Gasteiger partial charge is 0.463 e. The summed E-state index contributed by atoms with van der Waals surface area (Å²) in [6, 6.07) is 2.03. The van der Waals surface area contributed by atoms with Crippen molar-refractivity contribution in [3.63, 3.8) is 0 Å². The fraction of sp³-hybridized carbons (Fsp3) is 0.636. The summed E-state index contributed by atoms with van der Waals surface area (Å²) in [5, 5.41) is 8.93. The fourth-order valence-corrected chi connectivity index (χ4v) is 1.43. The van der Waals surface area contributed by atoms with E-state index in [1.54, 1.807) is 6.08 Å². The first-order chi connectivity index (χ1) is 7.06. The molecule has 2 unspecified atom stereocenters. The van der Waals surface area contributed by atoms with E-state index in [0.29, 0.717) is 19.6 Å². The van der Waals surface area contributed by atoms with Crippen molar-refractivity contribution in [2.45, 2.75) is 6.42 Å². The van der Waals surface area contributed by atoms with E-state index < -0.39 is 11.4 Å². The predicted molar refractivity (Wildman–Crippen MR) is 55.9 cm³/mol. The molecule has 0 aromatic carbocycles. The summed E-state index contributed by atoms with van der Waals surface area (Å²) in [5.41, 5.74) is -0.936. The molecule has 0 bridgehead atoms. The number of hydrogen-bond acceptors (Lipinski definition) is 4. The molecule has 2 atom stereocenters. The molecule has 1 rings (SSSR count). The molecule has 4 heteroatoms. The summed E-state index contributed by atoms with van der Waals surface area (Å²) in [6.45, 7) is 4.59. The molecule has 0 saturated heterocycles. The number of ether oxygens (including phenoxy) is 1. The molecule has 4 nitrogen and oxygen atoms in total. The zero-order valence-corrected chi connectivity index (χ0v) is 9.19. The van der Waals surface area contributed by atoms with Crippen LogP contribution in [0.25, 0.3) is 0 Å². The smallest absolute Gasteiger partial charge is 0.327 e. The molecule has 0 heterocycles. The summed E-state index contributed by atoms with van der Waals surface area (Å²) >= 11 is 0. The van der Waals surface area contributed by atoms with Gasteiger partial charge in [0.15, 0.2) is 5.41 Å². The van der Waals surface area contributed by atoms with Gasteiger partial charge in [0.1, 0.15) is 6.61 Å². The van der Waals surface area contributed by atoms with Crippen molar-refractivity contribution < 1.29 is 9.53 Å². The van der Waals surface area contributed by atoms with Crippen LogP contribution in [0.1, 0.15) is 6.42 Å². The first-order valence-corrected chi connectivity index (χ1v) is 4.92. The molecule has 82 valence electrons. The summed E-state index contributed by atoms with van der Waals surface area (Å²) in [6.07, 6.45) is 2.20. The van der Waals surface area contributed by atoms with Gasteiger partial charge in [0, 0.05) is 12.5 Å². The average molecular weight is 208 g/mol. The molecular weight excluding hydrogens is 192 g/mol. The normalized spacial score (nSPS) is 28.3. The number of carbonyl (C=O) groups excluding carboxylic acids is 1. The lowest BCUT2D eigenvalue weighted by Crippen LogP contribution is -2.25. The van der Waals surface area contributed by atoms with Gasteiger partial charge in [-0.2, -0.15) is 5.26 Å². The molecule has 0 aromatic rings. The van der Waals surface area contributed by atoms with Crippen molar-refractivity contribution >= 4 is 5.97 Å². The minimum atomic E-state index is -0.936. The van der Waals surface area contributed by atoms with Gasteiger partial charge in [-0.15, -0.1) is 6.58 Å². The molecule has 0 aliphatic heterocycles. The molecule has 1 fully saturated rings. The Bertz CT molecular complexity index is 306. The maximum Gasteiger partial charge on any atom is 0.327 e. The number of nitrogens with zero attached hydrogens (tertiary/aromatic N) is 2. The Morgan fingerprint density at radius 1 is 1.80 bits per heavy atom. The van der Waals surface area contributed by atoms with Gasteiger partial charge < -0.3 is 9.64 Å². The van der Waals surface area contributed by atoms with Gasteiger partial charge in [0.25, 0.3) is 0 Å². The van der Waals surface area contributed by atoms with Crippen LogP contribution in [-0.2, 0) is 9.53 Å². The second kappa shape index (κ2) is 4.45. The number of rotatable bonds is 5. The van der Waals surface area contributed by atoms with Crippen LogP contribution >= 0.6 is 0 Å². The number of nitriles is 1. The Morgan fingerprint density at radius 2 is 2.47 bits per heavy atom. The second-order valence-corrected chi connectivity index (χ2v) is 4.07. The Labute approximate surface area is 90.1 Å². The molecular formula is C11H16N2O2. The third kappa shape index (κ3) is 2.37. The van der Waals surface area contributed by atoms with E-state index >= 15 is 0 Å². The Balaban J connectivity index is 2.41. The zero-order valence-electron chi connectivity index (χ0n) is 9.19. The number of esters is 1. The van der Waals surface area contributed by atoms with Gasteiger partial charge in [-0.1, -0.05) is 6.08 Å². The molecule has 0 N–H and O–H groups in total. The molecule has 0 amide bonds. The lowest BCUT2D eigenvalue weighted by Gasteiger charge is -2.11. The van der Waals surface area contributed by atoms with E-state index in [0.717, 1.165) is 0 Å². The van der Waals surface area contributed by atoms with Crippen molar-refractivity contribution in [3.05, 3.63) is 12.7 Å². The van der Waals surface area contributed by atoms with Crippen LogP contribution in [0.5, 0.6) is 0 Å². The third-order valence-electron chi connectivity index (χ3n) is 2.63. The van der Waals surface area contributed by atoms with E-state index in [2.05, 4.69) is 6.58 Å². The summed E-state index contributed by atoms with van der Waals surface area (Å²) in [5.74, 6) is -0.439. The summed E-state index contributed by atoms with van der Waals surface area (Å²) in [7, 11) is 3.80. The van der Waals surface area contributed by atoms with Crippen molar-refractivity contribution in [3.8, 4) is 6.07 Å². The zero-order chi connectivity index (χ0) is 11.5. The van der Waals surface area contributed by atoms with E-state index in [1.807, 2.05) is 25.1 Å². The van der Waals surface area contributed by atoms with E-state index in [4.69, 9.17) is 10.00 Å². The van der Waals surface area contributed by atoms with Crippen molar-refractivity contribution in [1.29, 1.82) is 5.26 Å². The number of likely N-dealkylation sites (N-methyl/N-ethyl adjacent to an activating group) is 1. The minimum Gasteiger partial charge on any atom is -0.463 e. The van der Waals surface area contributed by atoms with Crippen LogP contribution < -0.4 is 0 Å². The van der Waals surface area contributed by atoms with Crippen LogP contribution in [0.4, 0.5) is 0 Å². The Morgan fingerprint density at radius 3 is 2.87 bits per heavy atom. The van der Waals surface area contributed by atoms with Gasteiger partial charge in [-0.3, -0.25) is 4.79 Å². The van der Waals surface area contributed by atoms with E-state index in [-0.39, 0.29) is 5.92 Å². The quantitative estimate of drug-likeness (QED) is 0.495. The highest BCUT2D eigenvalue weighted by Gasteiger charge is 2.60. The molecule has 15 heavy (non-hydrogen) atoms. The Kier molecular flexibility index (Phi) is 3.48. The number of carbonyl (C=O) groups is 1. The summed E-state index contributed by atoms with van der Waals surface area (Å²) < 4.78 is 5.05. The summed E-state index contributed by atoms with van der Waals surface area (Å²) in [4.78, 5) is 13.5.